The van der Waals surface area contributed by atoms with Crippen LogP contribution in [-0.2, 0) is 4.79 Å². The average molecular weight is 184 g/mol. The molecule has 1 N–H and O–H groups in total. The lowest BCUT2D eigenvalue weighted by Gasteiger charge is -2.16. The van der Waals surface area contributed by atoms with Gasteiger partial charge in [-0.25, -0.2) is 0 Å². The summed E-state index contributed by atoms with van der Waals surface area (Å²) in [5.41, 5.74) is 0. The molecule has 0 bridgehead atoms. The maximum absolute atomic E-state index is 11.7. The number of carbonyl (C=O) groups is 1. The number of likely N-dealkylation sites (N-methyl/N-ethyl adjacent to an activating group) is 1. The minimum Gasteiger partial charge on any atom is -0.329 e. The first kappa shape index (κ1) is 10.5. The van der Waals surface area contributed by atoms with Gasteiger partial charge in [0, 0.05) is 7.05 Å². The van der Waals surface area contributed by atoms with Crippen molar-refractivity contribution in [3.05, 3.63) is 0 Å². The Morgan fingerprint density at radius 2 is 2.15 bits per heavy atom. The highest BCUT2D eigenvalue weighted by Crippen LogP contribution is 2.16. The molecule has 1 rings (SSSR count). The van der Waals surface area contributed by atoms with Gasteiger partial charge in [0.1, 0.15) is 0 Å². The van der Waals surface area contributed by atoms with Crippen LogP contribution < -0.4 is 5.32 Å². The van der Waals surface area contributed by atoms with Crippen LogP contribution in [0.1, 0.15) is 33.6 Å². The maximum atomic E-state index is 11.7. The van der Waals surface area contributed by atoms with E-state index in [0.717, 1.165) is 12.8 Å². The molecule has 0 radical (unpaired) electrons. The molecule has 76 valence electrons. The summed E-state index contributed by atoms with van der Waals surface area (Å²) >= 11 is 0. The Morgan fingerprint density at radius 1 is 1.54 bits per heavy atom. The molecule has 2 unspecified atom stereocenters. The summed E-state index contributed by atoms with van der Waals surface area (Å²) in [6.45, 7) is 6.39. The summed E-state index contributed by atoms with van der Waals surface area (Å²) in [5.74, 6) is 0.825. The summed E-state index contributed by atoms with van der Waals surface area (Å²) in [6, 6.07) is 0.0509. The van der Waals surface area contributed by atoms with Gasteiger partial charge in [-0.3, -0.25) is 10.1 Å². The highest BCUT2D eigenvalue weighted by atomic mass is 16.2. The molecule has 1 aliphatic heterocycles. The van der Waals surface area contributed by atoms with E-state index in [2.05, 4.69) is 26.1 Å². The normalized spacial score (nSPS) is 29.0. The van der Waals surface area contributed by atoms with Crippen LogP contribution in [0.15, 0.2) is 0 Å². The van der Waals surface area contributed by atoms with Crippen molar-refractivity contribution < 1.29 is 4.79 Å². The fourth-order valence-corrected chi connectivity index (χ4v) is 1.85. The minimum absolute atomic E-state index is 0.0509. The maximum Gasteiger partial charge on any atom is 0.240 e. The second-order valence-electron chi connectivity index (χ2n) is 4.22. The van der Waals surface area contributed by atoms with Crippen molar-refractivity contribution in [3.63, 3.8) is 0 Å². The smallest absolute Gasteiger partial charge is 0.240 e. The van der Waals surface area contributed by atoms with Crippen molar-refractivity contribution in [1.29, 1.82) is 0 Å². The van der Waals surface area contributed by atoms with Crippen LogP contribution in [-0.4, -0.2) is 30.1 Å². The van der Waals surface area contributed by atoms with Crippen LogP contribution in [0.2, 0.25) is 0 Å². The first-order valence-electron chi connectivity index (χ1n) is 5.09. The van der Waals surface area contributed by atoms with Crippen molar-refractivity contribution >= 4 is 5.91 Å². The molecule has 1 saturated heterocycles. The summed E-state index contributed by atoms with van der Waals surface area (Å²) in [4.78, 5) is 13.5. The fraction of sp³-hybridized carbons (Fsp3) is 0.900. The number of rotatable bonds is 3. The predicted molar refractivity (Wildman–Crippen MR) is 53.2 cm³/mol. The zero-order valence-electron chi connectivity index (χ0n) is 9.00. The summed E-state index contributed by atoms with van der Waals surface area (Å²) < 4.78 is 0. The fourth-order valence-electron chi connectivity index (χ4n) is 1.85. The van der Waals surface area contributed by atoms with Crippen molar-refractivity contribution in [2.75, 3.05) is 7.05 Å². The quantitative estimate of drug-likeness (QED) is 0.714. The molecule has 1 fully saturated rings. The monoisotopic (exact) mass is 184 g/mol. The van der Waals surface area contributed by atoms with E-state index < -0.39 is 0 Å². The minimum atomic E-state index is 0.0509. The van der Waals surface area contributed by atoms with Crippen LogP contribution in [0, 0.1) is 5.92 Å². The lowest BCUT2D eigenvalue weighted by atomic mass is 10.0. The summed E-state index contributed by atoms with van der Waals surface area (Å²) in [6.07, 6.45) is 2.17. The topological polar surface area (TPSA) is 32.3 Å². The van der Waals surface area contributed by atoms with Crippen molar-refractivity contribution in [3.8, 4) is 0 Å². The number of carbonyl (C=O) groups excluding carboxylic acids is 1. The summed E-state index contributed by atoms with van der Waals surface area (Å²) in [7, 11) is 1.88. The lowest BCUT2D eigenvalue weighted by molar-refractivity contribution is -0.129. The Kier molecular flexibility index (Phi) is 3.31. The number of nitrogens with one attached hydrogen (secondary N) is 1. The predicted octanol–water partition coefficient (Wildman–Crippen LogP) is 1.20. The van der Waals surface area contributed by atoms with Crippen LogP contribution in [0.4, 0.5) is 0 Å². The van der Waals surface area contributed by atoms with E-state index in [1.165, 1.54) is 0 Å². The van der Waals surface area contributed by atoms with E-state index in [4.69, 9.17) is 0 Å². The number of hydrogen-bond donors (Lipinski definition) is 1. The second kappa shape index (κ2) is 4.09. The molecule has 3 nitrogen and oxygen atoms in total. The highest BCUT2D eigenvalue weighted by Gasteiger charge is 2.35. The van der Waals surface area contributed by atoms with E-state index in [1.54, 1.807) is 0 Å². The zero-order chi connectivity index (χ0) is 10.0. The van der Waals surface area contributed by atoms with Crippen LogP contribution in [0.5, 0.6) is 0 Å². The van der Waals surface area contributed by atoms with Gasteiger partial charge in [0.05, 0.1) is 12.2 Å². The van der Waals surface area contributed by atoms with Crippen molar-refractivity contribution in [2.45, 2.75) is 45.8 Å². The molecule has 0 saturated carbocycles. The number of hydrogen-bond acceptors (Lipinski definition) is 2. The first-order chi connectivity index (χ1) is 6.06. The highest BCUT2D eigenvalue weighted by molar-refractivity contribution is 5.84. The molecule has 2 atom stereocenters. The zero-order valence-corrected chi connectivity index (χ0v) is 9.00. The Hall–Kier alpha value is -0.570. The van der Waals surface area contributed by atoms with Gasteiger partial charge in [0.2, 0.25) is 5.91 Å². The van der Waals surface area contributed by atoms with E-state index in [0.29, 0.717) is 5.92 Å². The van der Waals surface area contributed by atoms with Gasteiger partial charge in [0.15, 0.2) is 0 Å². The second-order valence-corrected chi connectivity index (χ2v) is 4.22. The number of nitrogens with zero attached hydrogens (tertiary/aromatic N) is 1. The molecule has 0 aromatic rings. The van der Waals surface area contributed by atoms with Gasteiger partial charge in [-0.05, 0) is 18.8 Å². The van der Waals surface area contributed by atoms with Gasteiger partial charge in [-0.1, -0.05) is 20.8 Å². The van der Waals surface area contributed by atoms with E-state index in [1.807, 2.05) is 11.9 Å². The SMILES string of the molecule is CCC1NC(CC(C)C)C(=O)N1C. The molecule has 1 amide bonds. The van der Waals surface area contributed by atoms with Gasteiger partial charge >= 0.3 is 0 Å². The number of amides is 1. The average Bonchev–Trinajstić information content (AvgIpc) is 2.32. The van der Waals surface area contributed by atoms with Gasteiger partial charge in [-0.15, -0.1) is 0 Å². The van der Waals surface area contributed by atoms with Gasteiger partial charge in [0.25, 0.3) is 0 Å². The third-order valence-electron chi connectivity index (χ3n) is 2.60. The third-order valence-corrected chi connectivity index (χ3v) is 2.60. The van der Waals surface area contributed by atoms with Crippen molar-refractivity contribution in [2.24, 2.45) is 5.92 Å². The molecule has 0 aromatic heterocycles. The molecule has 1 heterocycles. The molecule has 0 aromatic carbocycles. The van der Waals surface area contributed by atoms with E-state index >= 15 is 0 Å². The standard InChI is InChI=1S/C10H20N2O/c1-5-9-11-8(6-7(2)3)10(13)12(9)4/h7-9,11H,5-6H2,1-4H3. The third kappa shape index (κ3) is 2.21. The first-order valence-corrected chi connectivity index (χ1v) is 5.09. The lowest BCUT2D eigenvalue weighted by Crippen LogP contribution is -2.34. The van der Waals surface area contributed by atoms with E-state index in [-0.39, 0.29) is 18.1 Å². The molecule has 3 heteroatoms. The van der Waals surface area contributed by atoms with Crippen LogP contribution in [0.3, 0.4) is 0 Å². The Balaban J connectivity index is 2.55. The molecular formula is C10H20N2O. The van der Waals surface area contributed by atoms with Crippen LogP contribution in [0.25, 0.3) is 0 Å². The largest absolute Gasteiger partial charge is 0.329 e. The Morgan fingerprint density at radius 3 is 2.54 bits per heavy atom. The Bertz CT molecular complexity index is 191. The van der Waals surface area contributed by atoms with Crippen LogP contribution >= 0.6 is 0 Å². The molecular weight excluding hydrogens is 164 g/mol. The van der Waals surface area contributed by atoms with Gasteiger partial charge < -0.3 is 4.90 Å². The Labute approximate surface area is 80.5 Å². The molecule has 13 heavy (non-hydrogen) atoms. The van der Waals surface area contributed by atoms with Crippen molar-refractivity contribution in [1.82, 2.24) is 10.2 Å². The summed E-state index contributed by atoms with van der Waals surface area (Å²) in [5, 5.41) is 3.35. The molecule has 1 aliphatic rings. The molecule has 0 aliphatic carbocycles. The van der Waals surface area contributed by atoms with E-state index in [9.17, 15) is 4.79 Å². The molecule has 0 spiro atoms. The van der Waals surface area contributed by atoms with Gasteiger partial charge in [-0.2, -0.15) is 0 Å².